The lowest BCUT2D eigenvalue weighted by molar-refractivity contribution is -0.132. The molecule has 0 aliphatic carbocycles. The van der Waals surface area contributed by atoms with Gasteiger partial charge in [-0.25, -0.2) is 4.98 Å². The van der Waals surface area contributed by atoms with Gasteiger partial charge in [0.1, 0.15) is 17.3 Å². The normalized spacial score (nSPS) is 18.1. The van der Waals surface area contributed by atoms with Crippen LogP contribution in [-0.2, 0) is 9.59 Å². The minimum Gasteiger partial charge on any atom is -0.507 e. The van der Waals surface area contributed by atoms with Crippen molar-refractivity contribution < 1.29 is 19.4 Å². The van der Waals surface area contributed by atoms with Crippen LogP contribution < -0.4 is 9.64 Å². The molecule has 1 aromatic carbocycles. The first-order chi connectivity index (χ1) is 14.1. The second-order valence-corrected chi connectivity index (χ2v) is 6.37. The highest BCUT2D eigenvalue weighted by Gasteiger charge is 2.47. The first-order valence-corrected chi connectivity index (χ1v) is 8.88. The standard InChI is InChI=1S/C22H17N3O4/c1-29-16-9-7-14(8-10-16)20(26)18-19(15-5-4-11-23-13-15)25(22(28)21(18)27)17-6-2-3-12-24-17/h2-13,19,26H,1H3/b20-18+/t19-/m0/s1. The average molecular weight is 387 g/mol. The lowest BCUT2D eigenvalue weighted by atomic mass is 9.96. The van der Waals surface area contributed by atoms with Gasteiger partial charge in [-0.2, -0.15) is 0 Å². The van der Waals surface area contributed by atoms with Crippen molar-refractivity contribution >= 4 is 23.3 Å². The fourth-order valence-corrected chi connectivity index (χ4v) is 3.32. The molecule has 3 heterocycles. The zero-order valence-corrected chi connectivity index (χ0v) is 15.5. The monoisotopic (exact) mass is 387 g/mol. The van der Waals surface area contributed by atoms with E-state index in [1.807, 2.05) is 0 Å². The van der Waals surface area contributed by atoms with Crippen molar-refractivity contribution in [2.75, 3.05) is 12.0 Å². The molecule has 144 valence electrons. The van der Waals surface area contributed by atoms with E-state index in [9.17, 15) is 14.7 Å². The molecule has 1 atom stereocenters. The van der Waals surface area contributed by atoms with Crippen molar-refractivity contribution in [3.8, 4) is 5.75 Å². The van der Waals surface area contributed by atoms with E-state index in [0.717, 1.165) is 0 Å². The number of carbonyl (C=O) groups excluding carboxylic acids is 2. The molecule has 0 unspecified atom stereocenters. The quantitative estimate of drug-likeness (QED) is 0.420. The van der Waals surface area contributed by atoms with E-state index in [0.29, 0.717) is 22.7 Å². The van der Waals surface area contributed by atoms with Gasteiger partial charge in [-0.15, -0.1) is 0 Å². The predicted octanol–water partition coefficient (Wildman–Crippen LogP) is 3.11. The van der Waals surface area contributed by atoms with Crippen molar-refractivity contribution in [2.45, 2.75) is 6.04 Å². The molecular weight excluding hydrogens is 370 g/mol. The van der Waals surface area contributed by atoms with E-state index in [1.165, 1.54) is 12.0 Å². The maximum atomic E-state index is 12.9. The molecule has 1 fully saturated rings. The number of rotatable bonds is 4. The van der Waals surface area contributed by atoms with E-state index in [1.54, 1.807) is 73.2 Å². The molecule has 0 radical (unpaired) electrons. The van der Waals surface area contributed by atoms with Crippen LogP contribution in [0.3, 0.4) is 0 Å². The lowest BCUT2D eigenvalue weighted by Crippen LogP contribution is -2.30. The van der Waals surface area contributed by atoms with Crippen LogP contribution in [0.5, 0.6) is 5.75 Å². The Balaban J connectivity index is 1.91. The van der Waals surface area contributed by atoms with Crippen molar-refractivity contribution in [2.24, 2.45) is 0 Å². The summed E-state index contributed by atoms with van der Waals surface area (Å²) in [5, 5.41) is 11.0. The summed E-state index contributed by atoms with van der Waals surface area (Å²) < 4.78 is 5.13. The molecule has 7 heteroatoms. The third-order valence-corrected chi connectivity index (χ3v) is 4.70. The number of carbonyl (C=O) groups is 2. The van der Waals surface area contributed by atoms with E-state index in [-0.39, 0.29) is 11.3 Å². The number of anilines is 1. The Kier molecular flexibility index (Phi) is 4.78. The van der Waals surface area contributed by atoms with Gasteiger partial charge in [0, 0.05) is 24.2 Å². The highest BCUT2D eigenvalue weighted by Crippen LogP contribution is 2.41. The van der Waals surface area contributed by atoms with Crippen LogP contribution in [0.4, 0.5) is 5.82 Å². The Morgan fingerprint density at radius 3 is 2.45 bits per heavy atom. The fraction of sp³-hybridized carbons (Fsp3) is 0.0909. The van der Waals surface area contributed by atoms with Crippen LogP contribution in [0, 0.1) is 0 Å². The summed E-state index contributed by atoms with van der Waals surface area (Å²) >= 11 is 0. The number of aromatic nitrogens is 2. The summed E-state index contributed by atoms with van der Waals surface area (Å²) in [6.07, 6.45) is 4.70. The molecular formula is C22H17N3O4. The third kappa shape index (κ3) is 3.23. The van der Waals surface area contributed by atoms with E-state index >= 15 is 0 Å². The molecule has 1 aliphatic heterocycles. The SMILES string of the molecule is COc1ccc(/C(O)=C2\C(=O)C(=O)N(c3ccccn3)[C@H]2c2cccnc2)cc1. The summed E-state index contributed by atoms with van der Waals surface area (Å²) in [5.74, 6) is -0.875. The topological polar surface area (TPSA) is 92.6 Å². The first-order valence-electron chi connectivity index (χ1n) is 8.88. The summed E-state index contributed by atoms with van der Waals surface area (Å²) in [7, 11) is 1.54. The third-order valence-electron chi connectivity index (χ3n) is 4.70. The van der Waals surface area contributed by atoms with Crippen LogP contribution >= 0.6 is 0 Å². The summed E-state index contributed by atoms with van der Waals surface area (Å²) in [5.41, 5.74) is 0.977. The maximum absolute atomic E-state index is 12.9. The lowest BCUT2D eigenvalue weighted by Gasteiger charge is -2.24. The van der Waals surface area contributed by atoms with E-state index in [2.05, 4.69) is 9.97 Å². The van der Waals surface area contributed by atoms with Gasteiger partial charge < -0.3 is 9.84 Å². The molecule has 0 spiro atoms. The second-order valence-electron chi connectivity index (χ2n) is 6.37. The minimum absolute atomic E-state index is 0.0150. The smallest absolute Gasteiger partial charge is 0.301 e. The Hall–Kier alpha value is -4.00. The number of hydrogen-bond donors (Lipinski definition) is 1. The Bertz CT molecular complexity index is 1080. The molecule has 0 saturated carbocycles. The number of ether oxygens (including phenoxy) is 1. The Labute approximate surface area is 166 Å². The zero-order valence-electron chi connectivity index (χ0n) is 15.5. The summed E-state index contributed by atoms with van der Waals surface area (Å²) in [6, 6.07) is 14.3. The van der Waals surface area contributed by atoms with Crippen molar-refractivity contribution in [3.05, 3.63) is 89.9 Å². The maximum Gasteiger partial charge on any atom is 0.301 e. The molecule has 3 aromatic rings. The fourth-order valence-electron chi connectivity index (χ4n) is 3.32. The second kappa shape index (κ2) is 7.55. The molecule has 7 nitrogen and oxygen atoms in total. The number of aliphatic hydroxyl groups is 1. The number of methoxy groups -OCH3 is 1. The van der Waals surface area contributed by atoms with Gasteiger partial charge >= 0.3 is 5.91 Å². The number of ketones is 1. The predicted molar refractivity (Wildman–Crippen MR) is 106 cm³/mol. The minimum atomic E-state index is -0.847. The molecule has 1 N–H and O–H groups in total. The van der Waals surface area contributed by atoms with Crippen LogP contribution in [0.25, 0.3) is 5.76 Å². The summed E-state index contributed by atoms with van der Waals surface area (Å²) in [4.78, 5) is 35.4. The van der Waals surface area contributed by atoms with Gasteiger partial charge in [-0.3, -0.25) is 19.5 Å². The van der Waals surface area contributed by atoms with E-state index < -0.39 is 17.7 Å². The molecule has 0 bridgehead atoms. The Morgan fingerprint density at radius 2 is 1.83 bits per heavy atom. The van der Waals surface area contributed by atoms with Crippen molar-refractivity contribution in [1.82, 2.24) is 9.97 Å². The molecule has 1 aliphatic rings. The largest absolute Gasteiger partial charge is 0.507 e. The van der Waals surface area contributed by atoms with Gasteiger partial charge in [0.2, 0.25) is 0 Å². The molecule has 1 saturated heterocycles. The van der Waals surface area contributed by atoms with Crippen molar-refractivity contribution in [1.29, 1.82) is 0 Å². The number of pyridine rings is 2. The van der Waals surface area contributed by atoms with Crippen LogP contribution in [0.1, 0.15) is 17.2 Å². The molecule has 1 amide bonds. The van der Waals surface area contributed by atoms with Crippen LogP contribution in [0.15, 0.2) is 78.8 Å². The van der Waals surface area contributed by atoms with Gasteiger partial charge in [0.05, 0.1) is 18.7 Å². The number of nitrogens with zero attached hydrogens (tertiary/aromatic N) is 3. The molecule has 4 rings (SSSR count). The first kappa shape index (κ1) is 18.4. The highest BCUT2D eigenvalue weighted by molar-refractivity contribution is 6.51. The van der Waals surface area contributed by atoms with Crippen LogP contribution in [0.2, 0.25) is 0 Å². The Morgan fingerprint density at radius 1 is 1.03 bits per heavy atom. The van der Waals surface area contributed by atoms with Gasteiger partial charge in [0.25, 0.3) is 5.78 Å². The molecule has 29 heavy (non-hydrogen) atoms. The summed E-state index contributed by atoms with van der Waals surface area (Å²) in [6.45, 7) is 0. The van der Waals surface area contributed by atoms with Gasteiger partial charge in [-0.1, -0.05) is 12.1 Å². The number of hydrogen-bond acceptors (Lipinski definition) is 6. The average Bonchev–Trinajstić information content (AvgIpc) is 3.05. The van der Waals surface area contributed by atoms with E-state index in [4.69, 9.17) is 4.74 Å². The molecule has 2 aromatic heterocycles. The van der Waals surface area contributed by atoms with Crippen LogP contribution in [-0.4, -0.2) is 33.9 Å². The zero-order chi connectivity index (χ0) is 20.4. The van der Waals surface area contributed by atoms with Crippen molar-refractivity contribution in [3.63, 3.8) is 0 Å². The number of benzene rings is 1. The highest BCUT2D eigenvalue weighted by atomic mass is 16.5. The number of amides is 1. The number of Topliss-reactive ketones (excluding diaryl/α,β-unsaturated/α-hetero) is 1. The number of aliphatic hydroxyl groups excluding tert-OH is 1. The van der Waals surface area contributed by atoms with Gasteiger partial charge in [0.15, 0.2) is 0 Å². The van der Waals surface area contributed by atoms with Gasteiger partial charge in [-0.05, 0) is 48.0 Å².